The number of hydrogen-bond acceptors (Lipinski definition) is 2. The maximum absolute atomic E-state index is 6.04. The van der Waals surface area contributed by atoms with Gasteiger partial charge in [0.15, 0.2) is 0 Å². The topological polar surface area (TPSA) is 29.3 Å². The zero-order valence-electron chi connectivity index (χ0n) is 10.9. The first-order valence-corrected chi connectivity index (χ1v) is 6.76. The van der Waals surface area contributed by atoms with Crippen LogP contribution in [0.2, 0.25) is 0 Å². The normalized spacial score (nSPS) is 27.9. The highest BCUT2D eigenvalue weighted by molar-refractivity contribution is 5.54. The molecule has 0 spiro atoms. The van der Waals surface area contributed by atoms with E-state index in [1.54, 1.807) is 5.56 Å². The smallest absolute Gasteiger partial charge is 0.0320 e. The van der Waals surface area contributed by atoms with Gasteiger partial charge in [-0.2, -0.15) is 0 Å². The van der Waals surface area contributed by atoms with Crippen LogP contribution >= 0.6 is 0 Å². The van der Waals surface area contributed by atoms with E-state index in [1.807, 2.05) is 0 Å². The first kappa shape index (κ1) is 11.1. The summed E-state index contributed by atoms with van der Waals surface area (Å²) < 4.78 is 0. The van der Waals surface area contributed by atoms with E-state index in [-0.39, 0.29) is 0 Å². The van der Waals surface area contributed by atoms with E-state index in [0.29, 0.717) is 5.41 Å². The summed E-state index contributed by atoms with van der Waals surface area (Å²) in [5.74, 6) is 0. The van der Waals surface area contributed by atoms with Gasteiger partial charge >= 0.3 is 0 Å². The van der Waals surface area contributed by atoms with Gasteiger partial charge in [0.1, 0.15) is 0 Å². The van der Waals surface area contributed by atoms with Crippen LogP contribution in [0, 0.1) is 0 Å². The van der Waals surface area contributed by atoms with Crippen LogP contribution in [-0.4, -0.2) is 18.0 Å². The Kier molecular flexibility index (Phi) is 2.44. The van der Waals surface area contributed by atoms with Crippen molar-refractivity contribution < 1.29 is 0 Å². The van der Waals surface area contributed by atoms with E-state index in [2.05, 4.69) is 30.9 Å². The number of nitrogen functional groups attached to an aromatic ring is 1. The Balaban J connectivity index is 2.17. The monoisotopic (exact) mass is 230 g/mol. The maximum atomic E-state index is 6.04. The van der Waals surface area contributed by atoms with E-state index >= 15 is 0 Å². The van der Waals surface area contributed by atoms with E-state index in [4.69, 9.17) is 5.73 Å². The minimum absolute atomic E-state index is 0.366. The van der Waals surface area contributed by atoms with Crippen molar-refractivity contribution in [2.75, 3.05) is 18.8 Å². The molecule has 3 rings (SSSR count). The Bertz CT molecular complexity index is 452. The molecule has 2 N–H and O–H groups in total. The molecule has 0 saturated carbocycles. The second kappa shape index (κ2) is 3.74. The van der Waals surface area contributed by atoms with Gasteiger partial charge in [-0.1, -0.05) is 13.8 Å². The third kappa shape index (κ3) is 1.66. The molecule has 0 bridgehead atoms. The number of likely N-dealkylation sites (N-methyl/N-ethyl adjacent to an activating group) is 1. The minimum atomic E-state index is 0.366. The summed E-state index contributed by atoms with van der Waals surface area (Å²) >= 11 is 0. The molecule has 2 heteroatoms. The van der Waals surface area contributed by atoms with Gasteiger partial charge < -0.3 is 5.73 Å². The molecule has 0 unspecified atom stereocenters. The number of aryl methyl sites for hydroxylation is 1. The third-order valence-corrected chi connectivity index (χ3v) is 4.52. The second-order valence-electron chi connectivity index (χ2n) is 5.93. The van der Waals surface area contributed by atoms with E-state index in [0.717, 1.165) is 18.8 Å². The SMILES string of the molecule is CCN1Cc2cc(N)cc3c2[C@@](C)(CCC3)C1. The van der Waals surface area contributed by atoms with Crippen LogP contribution in [0.15, 0.2) is 12.1 Å². The summed E-state index contributed by atoms with van der Waals surface area (Å²) in [6, 6.07) is 4.40. The minimum Gasteiger partial charge on any atom is -0.399 e. The highest BCUT2D eigenvalue weighted by Crippen LogP contribution is 2.43. The first-order valence-electron chi connectivity index (χ1n) is 6.76. The average molecular weight is 230 g/mol. The lowest BCUT2D eigenvalue weighted by atomic mass is 9.67. The van der Waals surface area contributed by atoms with Crippen LogP contribution < -0.4 is 5.73 Å². The molecule has 1 atom stereocenters. The maximum Gasteiger partial charge on any atom is 0.0320 e. The molecule has 0 fully saturated rings. The molecule has 92 valence electrons. The van der Waals surface area contributed by atoms with Crippen molar-refractivity contribution in [3.8, 4) is 0 Å². The van der Waals surface area contributed by atoms with Crippen LogP contribution in [0.1, 0.15) is 43.4 Å². The molecule has 0 radical (unpaired) electrons. The fourth-order valence-corrected chi connectivity index (χ4v) is 3.86. The van der Waals surface area contributed by atoms with Gasteiger partial charge in [-0.3, -0.25) is 4.90 Å². The summed E-state index contributed by atoms with van der Waals surface area (Å²) in [7, 11) is 0. The Morgan fingerprint density at radius 2 is 2.12 bits per heavy atom. The van der Waals surface area contributed by atoms with Crippen LogP contribution in [0.3, 0.4) is 0 Å². The fraction of sp³-hybridized carbons (Fsp3) is 0.600. The number of hydrogen-bond donors (Lipinski definition) is 1. The molecule has 0 saturated heterocycles. The standard InChI is InChI=1S/C15H22N2/c1-3-17-9-12-8-13(16)7-11-5-4-6-15(2,10-17)14(11)12/h7-8H,3-6,9-10,16H2,1-2H3/t15-/m0/s1. The van der Waals surface area contributed by atoms with Crippen molar-refractivity contribution in [2.24, 2.45) is 0 Å². The lowest BCUT2D eigenvalue weighted by Gasteiger charge is -2.45. The number of nitrogens with zero attached hydrogens (tertiary/aromatic N) is 1. The van der Waals surface area contributed by atoms with Crippen molar-refractivity contribution in [2.45, 2.75) is 45.1 Å². The van der Waals surface area contributed by atoms with E-state index < -0.39 is 0 Å². The molecule has 0 aromatic heterocycles. The van der Waals surface area contributed by atoms with Crippen molar-refractivity contribution in [3.63, 3.8) is 0 Å². The number of rotatable bonds is 1. The Hall–Kier alpha value is -1.02. The molecule has 1 aliphatic heterocycles. The van der Waals surface area contributed by atoms with E-state index in [9.17, 15) is 0 Å². The summed E-state index contributed by atoms with van der Waals surface area (Å²) in [5, 5.41) is 0. The number of nitrogens with two attached hydrogens (primary N) is 1. The zero-order chi connectivity index (χ0) is 12.0. The molecule has 1 aromatic carbocycles. The highest BCUT2D eigenvalue weighted by Gasteiger charge is 2.38. The molecule has 2 aliphatic rings. The predicted octanol–water partition coefficient (Wildman–Crippen LogP) is 2.70. The van der Waals surface area contributed by atoms with Crippen LogP contribution in [0.4, 0.5) is 5.69 Å². The van der Waals surface area contributed by atoms with Crippen molar-refractivity contribution in [1.82, 2.24) is 4.90 Å². The molecular weight excluding hydrogens is 208 g/mol. The third-order valence-electron chi connectivity index (χ3n) is 4.52. The number of benzene rings is 1. The van der Waals surface area contributed by atoms with Crippen molar-refractivity contribution in [1.29, 1.82) is 0 Å². The van der Waals surface area contributed by atoms with Gasteiger partial charge in [0.25, 0.3) is 0 Å². The largest absolute Gasteiger partial charge is 0.399 e. The van der Waals surface area contributed by atoms with Crippen LogP contribution in [0.25, 0.3) is 0 Å². The Morgan fingerprint density at radius 1 is 1.35 bits per heavy atom. The lowest BCUT2D eigenvalue weighted by Crippen LogP contribution is -2.45. The lowest BCUT2D eigenvalue weighted by molar-refractivity contribution is 0.177. The molecule has 17 heavy (non-hydrogen) atoms. The second-order valence-corrected chi connectivity index (χ2v) is 5.93. The molecule has 2 nitrogen and oxygen atoms in total. The summed E-state index contributed by atoms with van der Waals surface area (Å²) in [5.41, 5.74) is 12.0. The van der Waals surface area contributed by atoms with Crippen LogP contribution in [-0.2, 0) is 18.4 Å². The number of anilines is 1. The fourth-order valence-electron chi connectivity index (χ4n) is 3.86. The summed E-state index contributed by atoms with van der Waals surface area (Å²) in [4.78, 5) is 2.55. The van der Waals surface area contributed by atoms with Gasteiger partial charge in [-0.05, 0) is 54.6 Å². The Morgan fingerprint density at radius 3 is 2.88 bits per heavy atom. The zero-order valence-corrected chi connectivity index (χ0v) is 10.9. The van der Waals surface area contributed by atoms with Crippen LogP contribution in [0.5, 0.6) is 0 Å². The van der Waals surface area contributed by atoms with Gasteiger partial charge in [-0.15, -0.1) is 0 Å². The summed E-state index contributed by atoms with van der Waals surface area (Å²) in [6.07, 6.45) is 3.85. The molecule has 0 amide bonds. The Labute approximate surface area is 104 Å². The molecule has 1 heterocycles. The first-order chi connectivity index (χ1) is 8.12. The predicted molar refractivity (Wildman–Crippen MR) is 72.1 cm³/mol. The molecular formula is C15H22N2. The average Bonchev–Trinajstić information content (AvgIpc) is 2.27. The summed E-state index contributed by atoms with van der Waals surface area (Å²) in [6.45, 7) is 8.13. The molecule has 1 aromatic rings. The van der Waals surface area contributed by atoms with Gasteiger partial charge in [-0.25, -0.2) is 0 Å². The quantitative estimate of drug-likeness (QED) is 0.752. The van der Waals surface area contributed by atoms with Crippen molar-refractivity contribution in [3.05, 3.63) is 28.8 Å². The van der Waals surface area contributed by atoms with Gasteiger partial charge in [0, 0.05) is 24.2 Å². The highest BCUT2D eigenvalue weighted by atomic mass is 15.1. The van der Waals surface area contributed by atoms with Crippen molar-refractivity contribution >= 4 is 5.69 Å². The van der Waals surface area contributed by atoms with Gasteiger partial charge in [0.2, 0.25) is 0 Å². The molecule has 1 aliphatic carbocycles. The van der Waals surface area contributed by atoms with E-state index in [1.165, 1.54) is 36.9 Å². The van der Waals surface area contributed by atoms with Gasteiger partial charge in [0.05, 0.1) is 0 Å².